The molecule has 2 atom stereocenters. The van der Waals surface area contributed by atoms with Gasteiger partial charge in [-0.3, -0.25) is 4.79 Å². The monoisotopic (exact) mass is 414 g/mol. The Bertz CT molecular complexity index is 760. The SMILES string of the molecule is CCN1CCC(C#N)(NC(=O)[C@H](CCc2ccccc2)OC(=O)N2CCOCC2)C1. The highest BCUT2D eigenvalue weighted by molar-refractivity contribution is 5.84. The van der Waals surface area contributed by atoms with Crippen LogP contribution in [0.3, 0.4) is 0 Å². The lowest BCUT2D eigenvalue weighted by atomic mass is 9.99. The Kier molecular flexibility index (Phi) is 7.66. The number of nitriles is 1. The lowest BCUT2D eigenvalue weighted by molar-refractivity contribution is -0.132. The number of carbonyl (C=O) groups is 2. The van der Waals surface area contributed by atoms with Gasteiger partial charge >= 0.3 is 6.09 Å². The molecule has 0 aromatic heterocycles. The summed E-state index contributed by atoms with van der Waals surface area (Å²) in [5, 5.41) is 12.6. The standard InChI is InChI=1S/C22H30N4O4/c1-2-25-11-10-22(16-23,17-25)24-20(27)19(9-8-18-6-4-3-5-7-18)30-21(28)26-12-14-29-15-13-26/h3-7,19H,2,8-15,17H2,1H3,(H,24,27)/t19-,22?/m0/s1. The maximum absolute atomic E-state index is 13.1. The summed E-state index contributed by atoms with van der Waals surface area (Å²) in [6.45, 7) is 5.89. The largest absolute Gasteiger partial charge is 0.436 e. The van der Waals surface area contributed by atoms with Gasteiger partial charge in [-0.15, -0.1) is 0 Å². The van der Waals surface area contributed by atoms with Crippen molar-refractivity contribution in [1.82, 2.24) is 15.1 Å². The molecule has 1 aromatic rings. The van der Waals surface area contributed by atoms with Gasteiger partial charge in [0.05, 0.1) is 19.3 Å². The van der Waals surface area contributed by atoms with E-state index >= 15 is 0 Å². The van der Waals surface area contributed by atoms with Crippen molar-refractivity contribution in [3.63, 3.8) is 0 Å². The minimum Gasteiger partial charge on any atom is -0.436 e. The predicted octanol–water partition coefficient (Wildman–Crippen LogP) is 1.56. The first-order valence-electron chi connectivity index (χ1n) is 10.6. The Hall–Kier alpha value is -2.63. The van der Waals surface area contributed by atoms with Gasteiger partial charge in [-0.1, -0.05) is 37.3 Å². The second kappa shape index (κ2) is 10.4. The molecule has 3 rings (SSSR count). The molecule has 2 saturated heterocycles. The molecule has 0 bridgehead atoms. The van der Waals surface area contributed by atoms with Crippen LogP contribution in [0, 0.1) is 11.3 Å². The van der Waals surface area contributed by atoms with Crippen LogP contribution in [0.1, 0.15) is 25.3 Å². The summed E-state index contributed by atoms with van der Waals surface area (Å²) in [5.41, 5.74) is 0.120. The quantitative estimate of drug-likeness (QED) is 0.728. The van der Waals surface area contributed by atoms with Gasteiger partial charge in [0.25, 0.3) is 5.91 Å². The third kappa shape index (κ3) is 5.71. The molecular formula is C22H30N4O4. The fourth-order valence-corrected chi connectivity index (χ4v) is 3.82. The maximum Gasteiger partial charge on any atom is 0.410 e. The summed E-state index contributed by atoms with van der Waals surface area (Å²) in [7, 11) is 0. The van der Waals surface area contributed by atoms with Crippen molar-refractivity contribution in [2.75, 3.05) is 45.9 Å². The van der Waals surface area contributed by atoms with Gasteiger partial charge < -0.3 is 24.6 Å². The number of aryl methyl sites for hydroxylation is 1. The summed E-state index contributed by atoms with van der Waals surface area (Å²) >= 11 is 0. The zero-order chi connectivity index (χ0) is 21.4. The van der Waals surface area contributed by atoms with Crippen LogP contribution >= 0.6 is 0 Å². The Morgan fingerprint density at radius 3 is 2.63 bits per heavy atom. The number of amides is 2. The average Bonchev–Trinajstić information content (AvgIpc) is 3.21. The Morgan fingerprint density at radius 2 is 2.00 bits per heavy atom. The zero-order valence-corrected chi connectivity index (χ0v) is 17.5. The van der Waals surface area contributed by atoms with Gasteiger partial charge in [-0.05, 0) is 31.4 Å². The van der Waals surface area contributed by atoms with Crippen LogP contribution in [0.25, 0.3) is 0 Å². The number of hydrogen-bond acceptors (Lipinski definition) is 6. The van der Waals surface area contributed by atoms with Crippen LogP contribution in [0.4, 0.5) is 4.79 Å². The van der Waals surface area contributed by atoms with Crippen LogP contribution in [-0.2, 0) is 20.7 Å². The molecule has 2 amide bonds. The Labute approximate surface area is 177 Å². The van der Waals surface area contributed by atoms with Crippen molar-refractivity contribution in [2.45, 2.75) is 37.8 Å². The van der Waals surface area contributed by atoms with Crippen LogP contribution < -0.4 is 5.32 Å². The van der Waals surface area contributed by atoms with E-state index < -0.39 is 23.6 Å². The van der Waals surface area contributed by atoms with Crippen LogP contribution in [0.15, 0.2) is 30.3 Å². The number of likely N-dealkylation sites (tertiary alicyclic amines) is 1. The molecule has 162 valence electrons. The molecule has 2 aliphatic heterocycles. The summed E-state index contributed by atoms with van der Waals surface area (Å²) in [6.07, 6.45) is 0.0350. The molecule has 1 N–H and O–H groups in total. The predicted molar refractivity (Wildman–Crippen MR) is 111 cm³/mol. The van der Waals surface area contributed by atoms with E-state index in [1.54, 1.807) is 4.90 Å². The van der Waals surface area contributed by atoms with E-state index in [1.807, 2.05) is 37.3 Å². The van der Waals surface area contributed by atoms with E-state index in [0.717, 1.165) is 18.7 Å². The van der Waals surface area contributed by atoms with Crippen molar-refractivity contribution < 1.29 is 19.1 Å². The van der Waals surface area contributed by atoms with Gasteiger partial charge in [0.15, 0.2) is 6.10 Å². The minimum absolute atomic E-state index is 0.352. The van der Waals surface area contributed by atoms with Crippen LogP contribution in [-0.4, -0.2) is 79.4 Å². The number of benzene rings is 1. The van der Waals surface area contributed by atoms with E-state index in [0.29, 0.717) is 52.1 Å². The van der Waals surface area contributed by atoms with Crippen LogP contribution in [0.5, 0.6) is 0 Å². The lowest BCUT2D eigenvalue weighted by Crippen LogP contribution is -2.54. The van der Waals surface area contributed by atoms with Crippen molar-refractivity contribution in [1.29, 1.82) is 5.26 Å². The van der Waals surface area contributed by atoms with Crippen molar-refractivity contribution >= 4 is 12.0 Å². The zero-order valence-electron chi connectivity index (χ0n) is 17.5. The topological polar surface area (TPSA) is 94.9 Å². The molecule has 30 heavy (non-hydrogen) atoms. The first-order chi connectivity index (χ1) is 14.5. The summed E-state index contributed by atoms with van der Waals surface area (Å²) in [5.74, 6) is -0.410. The highest BCUT2D eigenvalue weighted by Gasteiger charge is 2.41. The van der Waals surface area contributed by atoms with Crippen molar-refractivity contribution in [2.24, 2.45) is 0 Å². The van der Waals surface area contributed by atoms with Gasteiger partial charge in [-0.25, -0.2) is 4.79 Å². The molecule has 0 radical (unpaired) electrons. The molecule has 1 unspecified atom stereocenters. The van der Waals surface area contributed by atoms with E-state index in [-0.39, 0.29) is 0 Å². The maximum atomic E-state index is 13.1. The number of nitrogens with zero attached hydrogens (tertiary/aromatic N) is 3. The highest BCUT2D eigenvalue weighted by atomic mass is 16.6. The smallest absolute Gasteiger partial charge is 0.410 e. The molecule has 2 aliphatic rings. The number of carbonyl (C=O) groups excluding carboxylic acids is 2. The minimum atomic E-state index is -0.957. The molecule has 0 spiro atoms. The molecule has 2 fully saturated rings. The fraction of sp³-hybridized carbons (Fsp3) is 0.591. The average molecular weight is 415 g/mol. The van der Waals surface area contributed by atoms with Crippen molar-refractivity contribution in [3.05, 3.63) is 35.9 Å². The number of ether oxygens (including phenoxy) is 2. The fourth-order valence-electron chi connectivity index (χ4n) is 3.82. The number of hydrogen-bond donors (Lipinski definition) is 1. The molecule has 0 saturated carbocycles. The normalized spacial score (nSPS) is 22.9. The van der Waals surface area contributed by atoms with E-state index in [1.165, 1.54) is 0 Å². The Morgan fingerprint density at radius 1 is 1.27 bits per heavy atom. The Balaban J connectivity index is 1.67. The second-order valence-corrected chi connectivity index (χ2v) is 7.80. The lowest BCUT2D eigenvalue weighted by Gasteiger charge is -2.30. The van der Waals surface area contributed by atoms with E-state index in [2.05, 4.69) is 16.3 Å². The van der Waals surface area contributed by atoms with Gasteiger partial charge in [0, 0.05) is 26.2 Å². The molecule has 0 aliphatic carbocycles. The van der Waals surface area contributed by atoms with E-state index in [4.69, 9.17) is 9.47 Å². The number of rotatable bonds is 7. The number of morpholine rings is 1. The highest BCUT2D eigenvalue weighted by Crippen LogP contribution is 2.21. The third-order valence-electron chi connectivity index (χ3n) is 5.71. The first kappa shape index (κ1) is 22.1. The third-order valence-corrected chi connectivity index (χ3v) is 5.71. The van der Waals surface area contributed by atoms with Gasteiger partial charge in [0.2, 0.25) is 0 Å². The van der Waals surface area contributed by atoms with Crippen LogP contribution in [0.2, 0.25) is 0 Å². The summed E-state index contributed by atoms with van der Waals surface area (Å²) in [4.78, 5) is 29.4. The van der Waals surface area contributed by atoms with Gasteiger partial charge in [-0.2, -0.15) is 5.26 Å². The summed E-state index contributed by atoms with van der Waals surface area (Å²) in [6, 6.07) is 12.0. The molecule has 2 heterocycles. The molecule has 1 aromatic carbocycles. The number of nitrogens with one attached hydrogen (secondary N) is 1. The molecular weight excluding hydrogens is 384 g/mol. The molecule has 8 nitrogen and oxygen atoms in total. The van der Waals surface area contributed by atoms with E-state index in [9.17, 15) is 14.9 Å². The van der Waals surface area contributed by atoms with Crippen molar-refractivity contribution in [3.8, 4) is 6.07 Å². The second-order valence-electron chi connectivity index (χ2n) is 7.80. The number of likely N-dealkylation sites (N-methyl/N-ethyl adjacent to an activating group) is 1. The first-order valence-corrected chi connectivity index (χ1v) is 10.6. The van der Waals surface area contributed by atoms with Gasteiger partial charge in [0.1, 0.15) is 5.54 Å². The molecule has 8 heteroatoms. The summed E-state index contributed by atoms with van der Waals surface area (Å²) < 4.78 is 10.9.